The zero-order chi connectivity index (χ0) is 15.2. The molecule has 116 valence electrons. The smallest absolute Gasteiger partial charge is 0.327 e. The Morgan fingerprint density at radius 1 is 1.19 bits per heavy atom. The molecule has 1 aliphatic carbocycles. The van der Waals surface area contributed by atoms with Crippen LogP contribution in [-0.2, 0) is 9.53 Å². The fourth-order valence-electron chi connectivity index (χ4n) is 2.87. The average molecular weight is 293 g/mol. The molecule has 0 spiro atoms. The quantitative estimate of drug-likeness (QED) is 0.816. The van der Waals surface area contributed by atoms with Crippen molar-refractivity contribution in [2.75, 3.05) is 21.3 Å². The van der Waals surface area contributed by atoms with Crippen LogP contribution in [-0.4, -0.2) is 33.3 Å². The van der Waals surface area contributed by atoms with Gasteiger partial charge in [0.2, 0.25) is 0 Å². The third kappa shape index (κ3) is 3.47. The molecule has 1 aromatic rings. The van der Waals surface area contributed by atoms with Crippen LogP contribution in [0.3, 0.4) is 0 Å². The first-order valence-corrected chi connectivity index (χ1v) is 7.26. The lowest BCUT2D eigenvalue weighted by Gasteiger charge is -2.23. The second-order valence-electron chi connectivity index (χ2n) is 5.19. The first kappa shape index (κ1) is 15.6. The Kier molecular flexibility index (Phi) is 5.44. The number of carbonyl (C=O) groups excluding carboxylic acids is 1. The highest BCUT2D eigenvalue weighted by Crippen LogP contribution is 2.36. The van der Waals surface area contributed by atoms with Crippen molar-refractivity contribution in [3.63, 3.8) is 0 Å². The highest BCUT2D eigenvalue weighted by molar-refractivity contribution is 5.79. The van der Waals surface area contributed by atoms with E-state index in [1.54, 1.807) is 14.2 Å². The molecule has 0 bridgehead atoms. The number of rotatable bonds is 6. The minimum absolute atomic E-state index is 0.312. The van der Waals surface area contributed by atoms with Gasteiger partial charge in [0.15, 0.2) is 11.5 Å². The molecule has 1 N–H and O–H groups in total. The van der Waals surface area contributed by atoms with E-state index in [-0.39, 0.29) is 5.97 Å². The zero-order valence-electron chi connectivity index (χ0n) is 12.8. The minimum Gasteiger partial charge on any atom is -0.493 e. The van der Waals surface area contributed by atoms with Gasteiger partial charge in [-0.1, -0.05) is 25.0 Å². The average Bonchev–Trinajstić information content (AvgIpc) is 3.04. The molecule has 0 amide bonds. The standard InChI is InChI=1S/C16H23NO4/c1-19-13-10-6-9-12(15(13)20-2)14(16(18)21-3)17-11-7-4-5-8-11/h6,9-11,14,17H,4-5,7-8H2,1-3H3. The summed E-state index contributed by atoms with van der Waals surface area (Å²) in [5.41, 5.74) is 0.746. The lowest BCUT2D eigenvalue weighted by atomic mass is 10.0. The summed E-state index contributed by atoms with van der Waals surface area (Å²) >= 11 is 0. The van der Waals surface area contributed by atoms with Gasteiger partial charge < -0.3 is 14.2 Å². The Balaban J connectivity index is 2.33. The van der Waals surface area contributed by atoms with Crippen LogP contribution in [0.25, 0.3) is 0 Å². The molecule has 2 rings (SSSR count). The van der Waals surface area contributed by atoms with Crippen LogP contribution in [0.15, 0.2) is 18.2 Å². The van der Waals surface area contributed by atoms with E-state index >= 15 is 0 Å². The van der Waals surface area contributed by atoms with Crippen molar-refractivity contribution in [3.8, 4) is 11.5 Å². The third-order valence-corrected chi connectivity index (χ3v) is 3.94. The van der Waals surface area contributed by atoms with E-state index in [0.717, 1.165) is 18.4 Å². The molecular weight excluding hydrogens is 270 g/mol. The second kappa shape index (κ2) is 7.31. The Morgan fingerprint density at radius 3 is 2.48 bits per heavy atom. The summed E-state index contributed by atoms with van der Waals surface area (Å²) in [7, 11) is 4.56. The van der Waals surface area contributed by atoms with Crippen LogP contribution in [0.1, 0.15) is 37.3 Å². The molecule has 1 fully saturated rings. The first-order valence-electron chi connectivity index (χ1n) is 7.26. The van der Waals surface area contributed by atoms with Crippen molar-refractivity contribution < 1.29 is 19.0 Å². The van der Waals surface area contributed by atoms with Gasteiger partial charge in [-0.25, -0.2) is 4.79 Å². The summed E-state index contributed by atoms with van der Waals surface area (Å²) in [6.07, 6.45) is 4.56. The van der Waals surface area contributed by atoms with E-state index < -0.39 is 6.04 Å². The van der Waals surface area contributed by atoms with Gasteiger partial charge in [0.1, 0.15) is 6.04 Å². The van der Waals surface area contributed by atoms with E-state index in [0.29, 0.717) is 17.5 Å². The second-order valence-corrected chi connectivity index (χ2v) is 5.19. The fourth-order valence-corrected chi connectivity index (χ4v) is 2.87. The van der Waals surface area contributed by atoms with Crippen LogP contribution in [0.5, 0.6) is 11.5 Å². The van der Waals surface area contributed by atoms with Crippen LogP contribution >= 0.6 is 0 Å². The van der Waals surface area contributed by atoms with E-state index in [1.165, 1.54) is 20.0 Å². The molecule has 5 heteroatoms. The lowest BCUT2D eigenvalue weighted by molar-refractivity contribution is -0.143. The monoisotopic (exact) mass is 293 g/mol. The maximum absolute atomic E-state index is 12.2. The Hall–Kier alpha value is -1.75. The molecule has 1 aromatic carbocycles. The molecule has 0 heterocycles. The molecule has 1 unspecified atom stereocenters. The van der Waals surface area contributed by atoms with Crippen molar-refractivity contribution in [3.05, 3.63) is 23.8 Å². The Bertz CT molecular complexity index is 483. The predicted octanol–water partition coefficient (Wildman–Crippen LogP) is 2.45. The Morgan fingerprint density at radius 2 is 1.90 bits per heavy atom. The van der Waals surface area contributed by atoms with Crippen molar-refractivity contribution in [2.45, 2.75) is 37.8 Å². The predicted molar refractivity (Wildman–Crippen MR) is 79.7 cm³/mol. The molecule has 0 radical (unpaired) electrons. The van der Waals surface area contributed by atoms with Crippen molar-refractivity contribution in [2.24, 2.45) is 0 Å². The van der Waals surface area contributed by atoms with Gasteiger partial charge in [-0.05, 0) is 18.9 Å². The summed E-state index contributed by atoms with van der Waals surface area (Å²) in [6.45, 7) is 0. The lowest BCUT2D eigenvalue weighted by Crippen LogP contribution is -2.36. The molecular formula is C16H23NO4. The zero-order valence-corrected chi connectivity index (χ0v) is 12.8. The molecule has 0 aromatic heterocycles. The van der Waals surface area contributed by atoms with Gasteiger partial charge in [-0.3, -0.25) is 5.32 Å². The van der Waals surface area contributed by atoms with Gasteiger partial charge in [-0.15, -0.1) is 0 Å². The normalized spacial score (nSPS) is 16.5. The van der Waals surface area contributed by atoms with Gasteiger partial charge in [0.25, 0.3) is 0 Å². The summed E-state index contributed by atoms with van der Waals surface area (Å²) in [5, 5.41) is 3.40. The van der Waals surface area contributed by atoms with Crippen LogP contribution in [0, 0.1) is 0 Å². The van der Waals surface area contributed by atoms with Gasteiger partial charge >= 0.3 is 5.97 Å². The van der Waals surface area contributed by atoms with E-state index in [1.807, 2.05) is 18.2 Å². The molecule has 5 nitrogen and oxygen atoms in total. The molecule has 0 aliphatic heterocycles. The third-order valence-electron chi connectivity index (χ3n) is 3.94. The number of methoxy groups -OCH3 is 3. The maximum atomic E-state index is 12.2. The van der Waals surface area contributed by atoms with Crippen molar-refractivity contribution in [1.29, 1.82) is 0 Å². The number of nitrogens with one attached hydrogen (secondary N) is 1. The van der Waals surface area contributed by atoms with E-state index in [4.69, 9.17) is 14.2 Å². The summed E-state index contributed by atoms with van der Waals surface area (Å²) in [6, 6.07) is 5.33. The molecule has 21 heavy (non-hydrogen) atoms. The van der Waals surface area contributed by atoms with Crippen molar-refractivity contribution >= 4 is 5.97 Å². The van der Waals surface area contributed by atoms with Crippen LogP contribution < -0.4 is 14.8 Å². The summed E-state index contributed by atoms with van der Waals surface area (Å²) in [4.78, 5) is 12.2. The molecule has 1 aliphatic rings. The number of benzene rings is 1. The highest BCUT2D eigenvalue weighted by atomic mass is 16.5. The largest absolute Gasteiger partial charge is 0.493 e. The maximum Gasteiger partial charge on any atom is 0.327 e. The molecule has 1 saturated carbocycles. The SMILES string of the molecule is COC(=O)C(NC1CCCC1)c1cccc(OC)c1OC. The van der Waals surface area contributed by atoms with Gasteiger partial charge in [-0.2, -0.15) is 0 Å². The number of hydrogen-bond donors (Lipinski definition) is 1. The van der Waals surface area contributed by atoms with E-state index in [9.17, 15) is 4.79 Å². The topological polar surface area (TPSA) is 56.8 Å². The number of esters is 1. The number of hydrogen-bond acceptors (Lipinski definition) is 5. The van der Waals surface area contributed by atoms with Crippen LogP contribution in [0.2, 0.25) is 0 Å². The fraction of sp³-hybridized carbons (Fsp3) is 0.562. The van der Waals surface area contributed by atoms with E-state index in [2.05, 4.69) is 5.32 Å². The first-order chi connectivity index (χ1) is 10.2. The molecule has 0 saturated heterocycles. The Labute approximate surface area is 125 Å². The highest BCUT2D eigenvalue weighted by Gasteiger charge is 2.29. The summed E-state index contributed by atoms with van der Waals surface area (Å²) in [5.74, 6) is 0.867. The number of para-hydroxylation sites is 1. The van der Waals surface area contributed by atoms with Crippen molar-refractivity contribution in [1.82, 2.24) is 5.32 Å². The van der Waals surface area contributed by atoms with Gasteiger partial charge in [0, 0.05) is 11.6 Å². The van der Waals surface area contributed by atoms with Crippen LogP contribution in [0.4, 0.5) is 0 Å². The number of ether oxygens (including phenoxy) is 3. The minimum atomic E-state index is -0.539. The number of carbonyl (C=O) groups is 1. The molecule has 1 atom stereocenters. The van der Waals surface area contributed by atoms with Gasteiger partial charge in [0.05, 0.1) is 21.3 Å². The summed E-state index contributed by atoms with van der Waals surface area (Å²) < 4.78 is 15.7.